The Morgan fingerprint density at radius 1 is 1.22 bits per heavy atom. The lowest BCUT2D eigenvalue weighted by Crippen LogP contribution is -2.36. The molecule has 2 aromatic rings. The summed E-state index contributed by atoms with van der Waals surface area (Å²) in [4.78, 5) is 24.3. The van der Waals surface area contributed by atoms with Crippen LogP contribution in [0, 0.1) is 6.92 Å². The second-order valence-electron chi connectivity index (χ2n) is 7.24. The highest BCUT2D eigenvalue weighted by molar-refractivity contribution is 7.89. The third kappa shape index (κ3) is 4.63. The number of amides is 2. The van der Waals surface area contributed by atoms with Crippen LogP contribution in [-0.4, -0.2) is 58.5 Å². The van der Waals surface area contributed by atoms with Crippen molar-refractivity contribution in [2.45, 2.75) is 24.8 Å². The van der Waals surface area contributed by atoms with E-state index in [2.05, 4.69) is 10.6 Å². The molecule has 0 fully saturated rings. The summed E-state index contributed by atoms with van der Waals surface area (Å²) in [6, 6.07) is 7.74. The number of methoxy groups -OCH3 is 2. The van der Waals surface area contributed by atoms with Gasteiger partial charge >= 0.3 is 0 Å². The molecule has 32 heavy (non-hydrogen) atoms. The van der Waals surface area contributed by atoms with Gasteiger partial charge in [-0.1, -0.05) is 0 Å². The molecule has 1 aliphatic rings. The largest absolute Gasteiger partial charge is 0.497 e. The highest BCUT2D eigenvalue weighted by Crippen LogP contribution is 2.35. The van der Waals surface area contributed by atoms with Crippen LogP contribution in [0.3, 0.4) is 0 Å². The van der Waals surface area contributed by atoms with E-state index in [0.717, 1.165) is 4.31 Å². The van der Waals surface area contributed by atoms with Crippen LogP contribution in [0.5, 0.6) is 17.2 Å². The van der Waals surface area contributed by atoms with Crippen molar-refractivity contribution >= 4 is 33.2 Å². The first-order chi connectivity index (χ1) is 15.1. The average molecular weight is 464 g/mol. The first-order valence-corrected chi connectivity index (χ1v) is 11.1. The van der Waals surface area contributed by atoms with E-state index < -0.39 is 28.6 Å². The van der Waals surface area contributed by atoms with Gasteiger partial charge < -0.3 is 24.8 Å². The molecule has 2 amide bonds. The molecule has 0 aromatic heterocycles. The predicted octanol–water partition coefficient (Wildman–Crippen LogP) is 1.99. The third-order valence-electron chi connectivity index (χ3n) is 4.95. The van der Waals surface area contributed by atoms with E-state index in [1.165, 1.54) is 33.4 Å². The van der Waals surface area contributed by atoms with Crippen LogP contribution in [0.4, 0.5) is 11.4 Å². The van der Waals surface area contributed by atoms with Crippen molar-refractivity contribution < 1.29 is 32.2 Å². The first-order valence-electron chi connectivity index (χ1n) is 9.67. The zero-order valence-corrected chi connectivity index (χ0v) is 19.2. The molecule has 0 radical (unpaired) electrons. The molecular formula is C21H25N3O7S. The van der Waals surface area contributed by atoms with Crippen molar-refractivity contribution in [1.29, 1.82) is 0 Å². The Morgan fingerprint density at radius 3 is 2.59 bits per heavy atom. The number of ether oxygens (including phenoxy) is 3. The summed E-state index contributed by atoms with van der Waals surface area (Å²) in [7, 11) is 0.249. The zero-order chi connectivity index (χ0) is 23.6. The van der Waals surface area contributed by atoms with Crippen molar-refractivity contribution in [3.63, 3.8) is 0 Å². The van der Waals surface area contributed by atoms with Crippen molar-refractivity contribution in [2.75, 3.05) is 38.4 Å². The molecule has 2 aromatic carbocycles. The molecule has 10 nitrogen and oxygen atoms in total. The molecule has 0 spiro atoms. The lowest BCUT2D eigenvalue weighted by atomic mass is 10.1. The van der Waals surface area contributed by atoms with Crippen LogP contribution in [0.15, 0.2) is 35.2 Å². The SMILES string of the molecule is COc1ccc(NC(=O)CN(C)S(=O)(=O)c2cc3c(cc2C)NC(=O)[C@H](C)O3)c(OC)c1. The van der Waals surface area contributed by atoms with Gasteiger partial charge in [-0.05, 0) is 37.6 Å². The van der Waals surface area contributed by atoms with Gasteiger partial charge in [0.1, 0.15) is 17.2 Å². The molecule has 172 valence electrons. The molecule has 2 N–H and O–H groups in total. The lowest BCUT2D eigenvalue weighted by Gasteiger charge is -2.25. The lowest BCUT2D eigenvalue weighted by molar-refractivity contribution is -0.122. The topological polar surface area (TPSA) is 123 Å². The number of carbonyl (C=O) groups excluding carboxylic acids is 2. The van der Waals surface area contributed by atoms with Gasteiger partial charge in [0.15, 0.2) is 6.10 Å². The van der Waals surface area contributed by atoms with E-state index in [-0.39, 0.29) is 16.6 Å². The number of likely N-dealkylation sites (N-methyl/N-ethyl adjacent to an activating group) is 1. The number of sulfonamides is 1. The average Bonchev–Trinajstić information content (AvgIpc) is 2.74. The number of benzene rings is 2. The summed E-state index contributed by atoms with van der Waals surface area (Å²) in [5.41, 5.74) is 1.19. The summed E-state index contributed by atoms with van der Waals surface area (Å²) in [6.07, 6.45) is -0.747. The van der Waals surface area contributed by atoms with E-state index >= 15 is 0 Å². The van der Waals surface area contributed by atoms with Gasteiger partial charge in [0.2, 0.25) is 15.9 Å². The minimum Gasteiger partial charge on any atom is -0.497 e. The Hall–Kier alpha value is -3.31. The first kappa shape index (κ1) is 23.4. The molecule has 1 atom stereocenters. The summed E-state index contributed by atoms with van der Waals surface area (Å²) < 4.78 is 43.1. The number of hydrogen-bond acceptors (Lipinski definition) is 7. The van der Waals surface area contributed by atoms with Gasteiger partial charge in [-0.2, -0.15) is 4.31 Å². The Morgan fingerprint density at radius 2 is 1.94 bits per heavy atom. The fourth-order valence-corrected chi connectivity index (χ4v) is 4.51. The summed E-state index contributed by atoms with van der Waals surface area (Å²) in [6.45, 7) is 2.74. The normalized spacial score (nSPS) is 15.4. The highest BCUT2D eigenvalue weighted by atomic mass is 32.2. The van der Waals surface area contributed by atoms with Gasteiger partial charge in [0, 0.05) is 19.2 Å². The standard InChI is InChI=1S/C21H25N3O7S/c1-12-8-16-18(31-13(2)21(26)23-16)10-19(12)32(27,28)24(3)11-20(25)22-15-7-6-14(29-4)9-17(15)30-5/h6-10,13H,11H2,1-5H3,(H,22,25)(H,23,26)/t13-/m0/s1. The number of nitrogens with one attached hydrogen (secondary N) is 2. The highest BCUT2D eigenvalue weighted by Gasteiger charge is 2.30. The van der Waals surface area contributed by atoms with Gasteiger partial charge in [-0.15, -0.1) is 0 Å². The van der Waals surface area contributed by atoms with E-state index in [1.807, 2.05) is 0 Å². The Bertz CT molecular complexity index is 1160. The van der Waals surface area contributed by atoms with Crippen molar-refractivity contribution in [3.05, 3.63) is 35.9 Å². The fourth-order valence-electron chi connectivity index (χ4n) is 3.17. The molecule has 0 aliphatic carbocycles. The van der Waals surface area contributed by atoms with Gasteiger partial charge in [-0.3, -0.25) is 9.59 Å². The van der Waals surface area contributed by atoms with Crippen LogP contribution in [0.1, 0.15) is 12.5 Å². The van der Waals surface area contributed by atoms with E-state index in [1.54, 1.807) is 32.0 Å². The summed E-state index contributed by atoms with van der Waals surface area (Å²) >= 11 is 0. The van der Waals surface area contributed by atoms with Crippen LogP contribution >= 0.6 is 0 Å². The van der Waals surface area contributed by atoms with Crippen LogP contribution in [-0.2, 0) is 19.6 Å². The molecule has 0 unspecified atom stereocenters. The number of aryl methyl sites for hydroxylation is 1. The Labute approximate surface area is 186 Å². The molecule has 1 aliphatic heterocycles. The van der Waals surface area contributed by atoms with Gasteiger partial charge in [0.05, 0.1) is 37.0 Å². The van der Waals surface area contributed by atoms with Crippen LogP contribution in [0.2, 0.25) is 0 Å². The van der Waals surface area contributed by atoms with Crippen LogP contribution in [0.25, 0.3) is 0 Å². The van der Waals surface area contributed by atoms with Crippen molar-refractivity contribution in [1.82, 2.24) is 4.31 Å². The maximum absolute atomic E-state index is 13.1. The molecule has 0 saturated heterocycles. The van der Waals surface area contributed by atoms with Crippen molar-refractivity contribution in [3.8, 4) is 17.2 Å². The maximum Gasteiger partial charge on any atom is 0.265 e. The number of carbonyl (C=O) groups is 2. The molecular weight excluding hydrogens is 438 g/mol. The minimum atomic E-state index is -4.02. The molecule has 1 heterocycles. The number of nitrogens with zero attached hydrogens (tertiary/aromatic N) is 1. The second-order valence-corrected chi connectivity index (χ2v) is 9.25. The number of fused-ring (bicyclic) bond motifs is 1. The second kappa shape index (κ2) is 9.05. The smallest absolute Gasteiger partial charge is 0.265 e. The van der Waals surface area contributed by atoms with Gasteiger partial charge in [-0.25, -0.2) is 8.42 Å². The molecule has 11 heteroatoms. The minimum absolute atomic E-state index is 0.0167. The zero-order valence-electron chi connectivity index (χ0n) is 18.4. The van der Waals surface area contributed by atoms with E-state index in [0.29, 0.717) is 28.4 Å². The van der Waals surface area contributed by atoms with E-state index in [4.69, 9.17) is 14.2 Å². The Kier molecular flexibility index (Phi) is 6.60. The summed E-state index contributed by atoms with van der Waals surface area (Å²) in [5, 5.41) is 5.32. The molecule has 0 saturated carbocycles. The monoisotopic (exact) mass is 463 g/mol. The molecule has 3 rings (SSSR count). The van der Waals surface area contributed by atoms with Crippen LogP contribution < -0.4 is 24.8 Å². The number of hydrogen-bond donors (Lipinski definition) is 2. The molecule has 0 bridgehead atoms. The predicted molar refractivity (Wildman–Crippen MR) is 118 cm³/mol. The Balaban J connectivity index is 1.79. The van der Waals surface area contributed by atoms with Gasteiger partial charge in [0.25, 0.3) is 5.91 Å². The van der Waals surface area contributed by atoms with E-state index in [9.17, 15) is 18.0 Å². The maximum atomic E-state index is 13.1. The third-order valence-corrected chi connectivity index (χ3v) is 6.89. The summed E-state index contributed by atoms with van der Waals surface area (Å²) in [5.74, 6) is 0.321. The fraction of sp³-hybridized carbons (Fsp3) is 0.333. The van der Waals surface area contributed by atoms with Crippen molar-refractivity contribution in [2.24, 2.45) is 0 Å². The quantitative estimate of drug-likeness (QED) is 0.644. The number of anilines is 2. The number of rotatable bonds is 7.